The molecule has 1 atom stereocenters. The number of hydroxylamine groups is 1. The van der Waals surface area contributed by atoms with E-state index in [0.29, 0.717) is 19.2 Å². The van der Waals surface area contributed by atoms with E-state index in [1.165, 1.54) is 0 Å². The summed E-state index contributed by atoms with van der Waals surface area (Å²) < 4.78 is 0. The number of nitrogens with two attached hydrogens (primary N) is 1. The van der Waals surface area contributed by atoms with Crippen LogP contribution in [0.2, 0.25) is 0 Å². The molecule has 0 aromatic heterocycles. The van der Waals surface area contributed by atoms with Crippen molar-refractivity contribution in [3.63, 3.8) is 0 Å². The van der Waals surface area contributed by atoms with Crippen molar-refractivity contribution in [1.29, 1.82) is 0 Å². The first-order chi connectivity index (χ1) is 6.72. The van der Waals surface area contributed by atoms with Crippen molar-refractivity contribution < 1.29 is 9.63 Å². The summed E-state index contributed by atoms with van der Waals surface area (Å²) in [5.74, 6) is -0.262. The molecule has 1 saturated heterocycles. The summed E-state index contributed by atoms with van der Waals surface area (Å²) in [7, 11) is 0. The number of carbonyl (C=O) groups is 1. The first-order valence-corrected chi connectivity index (χ1v) is 5.10. The Bertz CT molecular complexity index is 187. The standard InChI is InChI=1S/C9H19N3O2/c1-2-14-11-8-4-3-5-12(6-8)7-9(10)13/h8,11H,2-7H2,1H3,(H2,10,13). The van der Waals surface area contributed by atoms with Crippen LogP contribution in [0.1, 0.15) is 19.8 Å². The Labute approximate surface area is 84.5 Å². The lowest BCUT2D eigenvalue weighted by atomic mass is 10.1. The highest BCUT2D eigenvalue weighted by atomic mass is 16.6. The third-order valence-electron chi connectivity index (χ3n) is 2.28. The van der Waals surface area contributed by atoms with Crippen LogP contribution in [0.4, 0.5) is 0 Å². The van der Waals surface area contributed by atoms with Gasteiger partial charge >= 0.3 is 0 Å². The molecule has 0 radical (unpaired) electrons. The van der Waals surface area contributed by atoms with Gasteiger partial charge in [0.15, 0.2) is 0 Å². The maximum absolute atomic E-state index is 10.7. The van der Waals surface area contributed by atoms with E-state index in [0.717, 1.165) is 25.9 Å². The number of hydrogen-bond donors (Lipinski definition) is 2. The molecule has 82 valence electrons. The Kier molecular flexibility index (Phi) is 4.86. The predicted octanol–water partition coefficient (Wildman–Crippen LogP) is -0.523. The Morgan fingerprint density at radius 2 is 2.50 bits per heavy atom. The zero-order valence-electron chi connectivity index (χ0n) is 8.66. The minimum atomic E-state index is -0.262. The van der Waals surface area contributed by atoms with Crippen molar-refractivity contribution in [3.8, 4) is 0 Å². The van der Waals surface area contributed by atoms with E-state index in [4.69, 9.17) is 10.6 Å². The SMILES string of the molecule is CCONC1CCCN(CC(N)=O)C1. The van der Waals surface area contributed by atoms with Gasteiger partial charge in [-0.15, -0.1) is 0 Å². The van der Waals surface area contributed by atoms with Crippen LogP contribution in [0, 0.1) is 0 Å². The van der Waals surface area contributed by atoms with Crippen molar-refractivity contribution in [1.82, 2.24) is 10.4 Å². The number of nitrogens with zero attached hydrogens (tertiary/aromatic N) is 1. The number of primary amides is 1. The molecule has 1 aliphatic heterocycles. The van der Waals surface area contributed by atoms with Gasteiger partial charge in [0.1, 0.15) is 0 Å². The average molecular weight is 201 g/mol. The zero-order chi connectivity index (χ0) is 10.4. The minimum absolute atomic E-state index is 0.262. The highest BCUT2D eigenvalue weighted by molar-refractivity contribution is 5.75. The van der Waals surface area contributed by atoms with Crippen molar-refractivity contribution in [2.75, 3.05) is 26.2 Å². The molecular weight excluding hydrogens is 182 g/mol. The average Bonchev–Trinajstić information content (AvgIpc) is 2.14. The van der Waals surface area contributed by atoms with Crippen molar-refractivity contribution >= 4 is 5.91 Å². The second kappa shape index (κ2) is 5.95. The van der Waals surface area contributed by atoms with Crippen molar-refractivity contribution in [2.45, 2.75) is 25.8 Å². The first kappa shape index (κ1) is 11.4. The van der Waals surface area contributed by atoms with Gasteiger partial charge in [-0.25, -0.2) is 0 Å². The third-order valence-corrected chi connectivity index (χ3v) is 2.28. The van der Waals surface area contributed by atoms with E-state index in [2.05, 4.69) is 10.4 Å². The third kappa shape index (κ3) is 4.04. The number of piperidine rings is 1. The summed E-state index contributed by atoms with van der Waals surface area (Å²) in [5.41, 5.74) is 8.12. The Balaban J connectivity index is 2.24. The molecule has 0 spiro atoms. The Morgan fingerprint density at radius 3 is 3.14 bits per heavy atom. The molecule has 0 saturated carbocycles. The highest BCUT2D eigenvalue weighted by Gasteiger charge is 2.20. The Hall–Kier alpha value is -0.650. The quantitative estimate of drug-likeness (QED) is 0.587. The molecule has 1 aliphatic rings. The maximum Gasteiger partial charge on any atom is 0.231 e. The summed E-state index contributed by atoms with van der Waals surface area (Å²) in [6, 6.07) is 0.322. The lowest BCUT2D eigenvalue weighted by Crippen LogP contribution is -2.48. The molecule has 5 nitrogen and oxygen atoms in total. The number of likely N-dealkylation sites (tertiary alicyclic amines) is 1. The molecule has 0 aromatic rings. The van der Waals surface area contributed by atoms with Crippen molar-refractivity contribution in [2.24, 2.45) is 5.73 Å². The maximum atomic E-state index is 10.7. The van der Waals surface area contributed by atoms with Crippen LogP contribution in [0.5, 0.6) is 0 Å². The monoisotopic (exact) mass is 201 g/mol. The second-order valence-electron chi connectivity index (χ2n) is 3.59. The van der Waals surface area contributed by atoms with Crippen LogP contribution >= 0.6 is 0 Å². The fourth-order valence-electron chi connectivity index (χ4n) is 1.72. The molecular formula is C9H19N3O2. The van der Waals surface area contributed by atoms with Crippen LogP contribution < -0.4 is 11.2 Å². The minimum Gasteiger partial charge on any atom is -0.369 e. The molecule has 0 aliphatic carbocycles. The summed E-state index contributed by atoms with van der Waals surface area (Å²) >= 11 is 0. The Morgan fingerprint density at radius 1 is 1.71 bits per heavy atom. The van der Waals surface area contributed by atoms with Gasteiger partial charge in [0.25, 0.3) is 0 Å². The molecule has 14 heavy (non-hydrogen) atoms. The number of hydrogen-bond acceptors (Lipinski definition) is 4. The molecule has 0 bridgehead atoms. The molecule has 1 unspecified atom stereocenters. The second-order valence-corrected chi connectivity index (χ2v) is 3.59. The van der Waals surface area contributed by atoms with E-state index in [-0.39, 0.29) is 5.91 Å². The normalized spacial score (nSPS) is 23.6. The van der Waals surface area contributed by atoms with E-state index < -0.39 is 0 Å². The van der Waals surface area contributed by atoms with Gasteiger partial charge in [-0.3, -0.25) is 9.69 Å². The van der Waals surface area contributed by atoms with Gasteiger partial charge in [0, 0.05) is 12.6 Å². The number of carbonyl (C=O) groups excluding carboxylic acids is 1. The van der Waals surface area contributed by atoms with E-state index >= 15 is 0 Å². The lowest BCUT2D eigenvalue weighted by Gasteiger charge is -2.31. The van der Waals surface area contributed by atoms with Crippen LogP contribution in [-0.4, -0.2) is 43.1 Å². The molecule has 1 heterocycles. The van der Waals surface area contributed by atoms with Gasteiger partial charge in [-0.1, -0.05) is 0 Å². The van der Waals surface area contributed by atoms with Crippen LogP contribution in [0.15, 0.2) is 0 Å². The smallest absolute Gasteiger partial charge is 0.231 e. The van der Waals surface area contributed by atoms with E-state index in [1.54, 1.807) is 0 Å². The predicted molar refractivity (Wildman–Crippen MR) is 53.4 cm³/mol. The van der Waals surface area contributed by atoms with E-state index in [9.17, 15) is 4.79 Å². The lowest BCUT2D eigenvalue weighted by molar-refractivity contribution is -0.119. The largest absolute Gasteiger partial charge is 0.369 e. The molecule has 1 amide bonds. The van der Waals surface area contributed by atoms with Gasteiger partial charge in [-0.05, 0) is 26.3 Å². The zero-order valence-corrected chi connectivity index (χ0v) is 8.66. The van der Waals surface area contributed by atoms with Gasteiger partial charge in [0.2, 0.25) is 5.91 Å². The van der Waals surface area contributed by atoms with Crippen LogP contribution in [-0.2, 0) is 9.63 Å². The van der Waals surface area contributed by atoms with Crippen LogP contribution in [0.25, 0.3) is 0 Å². The van der Waals surface area contributed by atoms with Crippen LogP contribution in [0.3, 0.4) is 0 Å². The first-order valence-electron chi connectivity index (χ1n) is 5.10. The molecule has 0 aromatic carbocycles. The van der Waals surface area contributed by atoms with Gasteiger partial charge in [-0.2, -0.15) is 5.48 Å². The number of amides is 1. The highest BCUT2D eigenvalue weighted by Crippen LogP contribution is 2.09. The topological polar surface area (TPSA) is 67.6 Å². The van der Waals surface area contributed by atoms with E-state index in [1.807, 2.05) is 6.92 Å². The molecule has 1 fully saturated rings. The van der Waals surface area contributed by atoms with Crippen molar-refractivity contribution in [3.05, 3.63) is 0 Å². The molecule has 1 rings (SSSR count). The summed E-state index contributed by atoms with van der Waals surface area (Å²) in [6.45, 7) is 4.74. The number of nitrogens with one attached hydrogen (secondary N) is 1. The fraction of sp³-hybridized carbons (Fsp3) is 0.889. The summed E-state index contributed by atoms with van der Waals surface area (Å²) in [4.78, 5) is 17.9. The van der Waals surface area contributed by atoms with Gasteiger partial charge < -0.3 is 10.6 Å². The molecule has 5 heteroatoms. The summed E-state index contributed by atoms with van der Waals surface area (Å²) in [6.07, 6.45) is 2.17. The number of rotatable bonds is 5. The van der Waals surface area contributed by atoms with Gasteiger partial charge in [0.05, 0.1) is 13.2 Å². The fourth-order valence-corrected chi connectivity index (χ4v) is 1.72. The summed E-state index contributed by atoms with van der Waals surface area (Å²) in [5, 5.41) is 0. The molecule has 3 N–H and O–H groups in total.